The Morgan fingerprint density at radius 3 is 2.43 bits per heavy atom. The molecule has 2 amide bonds. The number of nitrogens with two attached hydrogens (primary N) is 2. The molecular weight excluding hydrogens is 386 g/mol. The first-order valence-electron chi connectivity index (χ1n) is 8.75. The summed E-state index contributed by atoms with van der Waals surface area (Å²) in [5.74, 6) is -0.00642. The quantitative estimate of drug-likeness (QED) is 0.534. The van der Waals surface area contributed by atoms with Crippen molar-refractivity contribution < 1.29 is 14.3 Å². The molecule has 1 aromatic carbocycles. The van der Waals surface area contributed by atoms with Gasteiger partial charge in [-0.15, -0.1) is 0 Å². The molecule has 0 fully saturated rings. The highest BCUT2D eigenvalue weighted by Crippen LogP contribution is 2.24. The number of carbonyl (C=O) groups excluding carboxylic acids is 2. The van der Waals surface area contributed by atoms with Crippen LogP contribution in [0.3, 0.4) is 0 Å². The summed E-state index contributed by atoms with van der Waals surface area (Å²) in [5.41, 5.74) is 11.6. The number of nitriles is 1. The van der Waals surface area contributed by atoms with E-state index >= 15 is 0 Å². The lowest BCUT2D eigenvalue weighted by molar-refractivity contribution is -0.118. The van der Waals surface area contributed by atoms with Crippen LogP contribution in [0.4, 0.5) is 5.82 Å². The van der Waals surface area contributed by atoms with Crippen LogP contribution in [0, 0.1) is 11.3 Å². The maximum Gasteiger partial charge on any atom is 0.267 e. The van der Waals surface area contributed by atoms with E-state index in [0.29, 0.717) is 22.8 Å². The number of primary amides is 2. The average molecular weight is 403 g/mol. The van der Waals surface area contributed by atoms with Crippen molar-refractivity contribution in [2.75, 3.05) is 5.32 Å². The first-order chi connectivity index (χ1) is 14.4. The third kappa shape index (κ3) is 4.85. The van der Waals surface area contributed by atoms with Crippen molar-refractivity contribution in [1.82, 2.24) is 15.0 Å². The lowest BCUT2D eigenvalue weighted by Crippen LogP contribution is -2.33. The van der Waals surface area contributed by atoms with Crippen LogP contribution in [0.1, 0.15) is 23.0 Å². The number of nitrogens with one attached hydrogen (secondary N) is 1. The number of rotatable bonds is 7. The summed E-state index contributed by atoms with van der Waals surface area (Å²) >= 11 is 0. The average Bonchev–Trinajstić information content (AvgIpc) is 2.74. The van der Waals surface area contributed by atoms with Gasteiger partial charge in [-0.2, -0.15) is 5.26 Å². The number of hydrogen-bond donors (Lipinski definition) is 3. The van der Waals surface area contributed by atoms with Crippen molar-refractivity contribution in [2.24, 2.45) is 11.5 Å². The van der Waals surface area contributed by atoms with E-state index < -0.39 is 17.9 Å². The van der Waals surface area contributed by atoms with Gasteiger partial charge >= 0.3 is 0 Å². The van der Waals surface area contributed by atoms with Gasteiger partial charge < -0.3 is 21.5 Å². The fourth-order valence-electron chi connectivity index (χ4n) is 2.37. The van der Waals surface area contributed by atoms with Crippen LogP contribution in [0.5, 0.6) is 11.6 Å². The zero-order valence-corrected chi connectivity index (χ0v) is 15.9. The molecule has 0 unspecified atom stereocenters. The van der Waals surface area contributed by atoms with E-state index in [2.05, 4.69) is 20.3 Å². The zero-order valence-electron chi connectivity index (χ0n) is 15.9. The van der Waals surface area contributed by atoms with Crippen LogP contribution >= 0.6 is 0 Å². The van der Waals surface area contributed by atoms with E-state index in [1.165, 1.54) is 12.3 Å². The van der Waals surface area contributed by atoms with E-state index in [-0.39, 0.29) is 17.3 Å². The molecule has 0 aliphatic carbocycles. The lowest BCUT2D eigenvalue weighted by atomic mass is 10.2. The molecule has 0 aliphatic heterocycles. The molecule has 5 N–H and O–H groups in total. The first kappa shape index (κ1) is 20.2. The monoisotopic (exact) mass is 403 g/mol. The van der Waals surface area contributed by atoms with Crippen molar-refractivity contribution in [3.8, 4) is 29.1 Å². The number of hydrogen-bond acceptors (Lipinski definition) is 8. The maximum absolute atomic E-state index is 11.6. The van der Waals surface area contributed by atoms with Gasteiger partial charge in [-0.05, 0) is 37.3 Å². The van der Waals surface area contributed by atoms with Crippen LogP contribution in [-0.4, -0.2) is 32.8 Å². The SMILES string of the molecule is C[C@H](Nc1cc(C(N)=O)nc(-c2ccc(Oc3ccc(C#N)cn3)cc2)n1)C(N)=O. The molecule has 0 bridgehead atoms. The second-order valence-corrected chi connectivity index (χ2v) is 6.22. The Morgan fingerprint density at radius 2 is 1.87 bits per heavy atom. The minimum Gasteiger partial charge on any atom is -0.439 e. The number of aromatic nitrogens is 3. The number of benzene rings is 1. The van der Waals surface area contributed by atoms with Crippen molar-refractivity contribution in [1.29, 1.82) is 5.26 Å². The van der Waals surface area contributed by atoms with Gasteiger partial charge in [-0.1, -0.05) is 0 Å². The van der Waals surface area contributed by atoms with Gasteiger partial charge in [0.1, 0.15) is 29.4 Å². The van der Waals surface area contributed by atoms with Gasteiger partial charge in [-0.25, -0.2) is 15.0 Å². The van der Waals surface area contributed by atoms with Crippen LogP contribution < -0.4 is 21.5 Å². The second-order valence-electron chi connectivity index (χ2n) is 6.22. The number of ether oxygens (including phenoxy) is 1. The third-order valence-electron chi connectivity index (χ3n) is 3.97. The third-order valence-corrected chi connectivity index (χ3v) is 3.97. The summed E-state index contributed by atoms with van der Waals surface area (Å²) in [5, 5.41) is 11.6. The molecule has 10 nitrogen and oxygen atoms in total. The molecular formula is C20H17N7O3. The minimum atomic E-state index is -0.736. The van der Waals surface area contributed by atoms with Crippen LogP contribution in [0.25, 0.3) is 11.4 Å². The topological polar surface area (TPSA) is 170 Å². The molecule has 0 saturated carbocycles. The maximum atomic E-state index is 11.6. The van der Waals surface area contributed by atoms with Gasteiger partial charge in [0.2, 0.25) is 11.8 Å². The predicted octanol–water partition coefficient (Wildman–Crippen LogP) is 1.59. The zero-order chi connectivity index (χ0) is 21.7. The molecule has 2 heterocycles. The van der Waals surface area contributed by atoms with Crippen LogP contribution in [0.15, 0.2) is 48.7 Å². The van der Waals surface area contributed by atoms with E-state index in [4.69, 9.17) is 21.5 Å². The fraction of sp³-hybridized carbons (Fsp3) is 0.100. The molecule has 30 heavy (non-hydrogen) atoms. The molecule has 3 aromatic rings. The predicted molar refractivity (Wildman–Crippen MR) is 107 cm³/mol. The first-order valence-corrected chi connectivity index (χ1v) is 8.75. The molecule has 1 atom stereocenters. The molecule has 2 aromatic heterocycles. The highest BCUT2D eigenvalue weighted by molar-refractivity contribution is 5.92. The number of carbonyl (C=O) groups is 2. The van der Waals surface area contributed by atoms with E-state index in [1.54, 1.807) is 43.3 Å². The highest BCUT2D eigenvalue weighted by Gasteiger charge is 2.14. The number of nitrogens with zero attached hydrogens (tertiary/aromatic N) is 4. The Balaban J connectivity index is 1.85. The normalized spacial score (nSPS) is 11.2. The van der Waals surface area contributed by atoms with Crippen LogP contribution in [0.2, 0.25) is 0 Å². The Kier molecular flexibility index (Phi) is 5.84. The van der Waals surface area contributed by atoms with Crippen molar-refractivity contribution in [3.63, 3.8) is 0 Å². The molecule has 150 valence electrons. The van der Waals surface area contributed by atoms with E-state index in [1.807, 2.05) is 6.07 Å². The summed E-state index contributed by atoms with van der Waals surface area (Å²) in [6.45, 7) is 1.57. The van der Waals surface area contributed by atoms with Crippen molar-refractivity contribution >= 4 is 17.6 Å². The summed E-state index contributed by atoms with van der Waals surface area (Å²) in [7, 11) is 0. The Bertz CT molecular complexity index is 1120. The van der Waals surface area contributed by atoms with E-state index in [0.717, 1.165) is 0 Å². The van der Waals surface area contributed by atoms with Gasteiger partial charge in [0.15, 0.2) is 5.82 Å². The Hall–Kier alpha value is -4.52. The summed E-state index contributed by atoms with van der Waals surface area (Å²) in [4.78, 5) is 35.4. The lowest BCUT2D eigenvalue weighted by Gasteiger charge is -2.13. The van der Waals surface area contributed by atoms with E-state index in [9.17, 15) is 9.59 Å². The van der Waals surface area contributed by atoms with Gasteiger partial charge in [-0.3, -0.25) is 9.59 Å². The highest BCUT2D eigenvalue weighted by atomic mass is 16.5. The smallest absolute Gasteiger partial charge is 0.267 e. The van der Waals surface area contributed by atoms with Gasteiger partial charge in [0.05, 0.1) is 5.56 Å². The summed E-state index contributed by atoms with van der Waals surface area (Å²) < 4.78 is 5.63. The van der Waals surface area contributed by atoms with Crippen molar-refractivity contribution in [3.05, 3.63) is 59.9 Å². The number of anilines is 1. The molecule has 0 radical (unpaired) electrons. The summed E-state index contributed by atoms with van der Waals surface area (Å²) in [6, 6.07) is 12.6. The fourth-order valence-corrected chi connectivity index (χ4v) is 2.37. The molecule has 0 saturated heterocycles. The second kappa shape index (κ2) is 8.66. The number of pyridine rings is 1. The van der Waals surface area contributed by atoms with Gasteiger partial charge in [0.25, 0.3) is 5.91 Å². The van der Waals surface area contributed by atoms with Crippen LogP contribution in [-0.2, 0) is 4.79 Å². The summed E-state index contributed by atoms with van der Waals surface area (Å²) in [6.07, 6.45) is 1.41. The number of amides is 2. The Labute approximate surface area is 171 Å². The molecule has 10 heteroatoms. The Morgan fingerprint density at radius 1 is 1.13 bits per heavy atom. The molecule has 0 aliphatic rings. The minimum absolute atomic E-state index is 0.0127. The molecule has 3 rings (SSSR count). The largest absolute Gasteiger partial charge is 0.439 e. The molecule has 0 spiro atoms. The standard InChI is InChI=1S/C20H17N7O3/c1-11(18(22)28)25-16-8-15(19(23)29)26-20(27-16)13-3-5-14(6-4-13)30-17-7-2-12(9-21)10-24-17/h2-8,10-11H,1H3,(H2,22,28)(H2,23,29)(H,25,26,27)/t11-/m0/s1. The van der Waals surface area contributed by atoms with Gasteiger partial charge in [0, 0.05) is 23.9 Å². The van der Waals surface area contributed by atoms with Crippen molar-refractivity contribution in [2.45, 2.75) is 13.0 Å².